The van der Waals surface area contributed by atoms with E-state index in [2.05, 4.69) is 58.6 Å². The molecule has 0 aliphatic carbocycles. The van der Waals surface area contributed by atoms with Gasteiger partial charge in [-0.2, -0.15) is 0 Å². The van der Waals surface area contributed by atoms with Gasteiger partial charge in [-0.25, -0.2) is 4.99 Å². The molecule has 1 saturated heterocycles. The van der Waals surface area contributed by atoms with Crippen LogP contribution in [0.3, 0.4) is 0 Å². The summed E-state index contributed by atoms with van der Waals surface area (Å²) < 4.78 is 5.36. The fraction of sp³-hybridized carbons (Fsp3) is 0.667. The number of piperidine rings is 1. The van der Waals surface area contributed by atoms with Crippen molar-refractivity contribution in [2.45, 2.75) is 46.7 Å². The normalized spacial score (nSPS) is 16.7. The van der Waals surface area contributed by atoms with Gasteiger partial charge in [0.05, 0.1) is 13.2 Å². The molecule has 146 valence electrons. The Morgan fingerprint density at radius 1 is 1.12 bits per heavy atom. The van der Waals surface area contributed by atoms with Crippen LogP contribution in [0, 0.1) is 5.92 Å². The number of likely N-dealkylation sites (tertiary alicyclic amines) is 1. The van der Waals surface area contributed by atoms with Crippen molar-refractivity contribution in [2.24, 2.45) is 10.9 Å². The number of rotatable bonds is 9. The SMILES string of the molecule is CCNC(=NCc1ccc(CN2CCC(C)CC2)cc1)NCCOCC. The summed E-state index contributed by atoms with van der Waals surface area (Å²) in [6, 6.07) is 8.90. The van der Waals surface area contributed by atoms with Crippen LogP contribution in [0.4, 0.5) is 0 Å². The monoisotopic (exact) mass is 360 g/mol. The summed E-state index contributed by atoms with van der Waals surface area (Å²) in [7, 11) is 0. The highest BCUT2D eigenvalue weighted by atomic mass is 16.5. The van der Waals surface area contributed by atoms with Crippen LogP contribution in [-0.4, -0.2) is 50.3 Å². The smallest absolute Gasteiger partial charge is 0.191 e. The van der Waals surface area contributed by atoms with Gasteiger partial charge in [0.15, 0.2) is 5.96 Å². The van der Waals surface area contributed by atoms with Crippen LogP contribution in [-0.2, 0) is 17.8 Å². The van der Waals surface area contributed by atoms with Crippen molar-refractivity contribution >= 4 is 5.96 Å². The molecule has 5 heteroatoms. The largest absolute Gasteiger partial charge is 0.380 e. The van der Waals surface area contributed by atoms with Gasteiger partial charge in [-0.3, -0.25) is 4.90 Å². The van der Waals surface area contributed by atoms with Crippen LogP contribution in [0.1, 0.15) is 44.7 Å². The predicted octanol–water partition coefficient (Wildman–Crippen LogP) is 3.01. The zero-order valence-corrected chi connectivity index (χ0v) is 16.8. The molecule has 0 amide bonds. The first-order chi connectivity index (χ1) is 12.7. The molecule has 0 radical (unpaired) electrons. The fourth-order valence-electron chi connectivity index (χ4n) is 3.13. The number of ether oxygens (including phenoxy) is 1. The minimum absolute atomic E-state index is 0.686. The third kappa shape index (κ3) is 7.75. The van der Waals surface area contributed by atoms with Crippen LogP contribution in [0.15, 0.2) is 29.3 Å². The number of hydrogen-bond donors (Lipinski definition) is 2. The van der Waals surface area contributed by atoms with Gasteiger partial charge in [0.1, 0.15) is 0 Å². The van der Waals surface area contributed by atoms with Crippen molar-refractivity contribution in [1.82, 2.24) is 15.5 Å². The van der Waals surface area contributed by atoms with Gasteiger partial charge in [-0.1, -0.05) is 31.2 Å². The van der Waals surface area contributed by atoms with E-state index < -0.39 is 0 Å². The molecule has 0 saturated carbocycles. The second kappa shape index (κ2) is 11.9. The summed E-state index contributed by atoms with van der Waals surface area (Å²) >= 11 is 0. The van der Waals surface area contributed by atoms with Gasteiger partial charge in [0.25, 0.3) is 0 Å². The maximum atomic E-state index is 5.36. The molecule has 0 bridgehead atoms. The number of nitrogens with zero attached hydrogens (tertiary/aromatic N) is 2. The molecule has 1 fully saturated rings. The van der Waals surface area contributed by atoms with Gasteiger partial charge in [-0.15, -0.1) is 0 Å². The van der Waals surface area contributed by atoms with Crippen molar-refractivity contribution in [3.63, 3.8) is 0 Å². The van der Waals surface area contributed by atoms with Gasteiger partial charge in [0.2, 0.25) is 0 Å². The van der Waals surface area contributed by atoms with E-state index in [0.29, 0.717) is 13.2 Å². The van der Waals surface area contributed by atoms with E-state index in [9.17, 15) is 0 Å². The summed E-state index contributed by atoms with van der Waals surface area (Å²) in [5.74, 6) is 1.73. The standard InChI is InChI=1S/C21H36N4O/c1-4-22-21(23-12-15-26-5-2)24-16-19-6-8-20(9-7-19)17-25-13-10-18(3)11-14-25/h6-9,18H,4-5,10-17H2,1-3H3,(H2,22,23,24). The molecule has 1 heterocycles. The summed E-state index contributed by atoms with van der Waals surface area (Å²) in [5, 5.41) is 6.58. The van der Waals surface area contributed by atoms with Gasteiger partial charge in [0, 0.05) is 26.2 Å². The Morgan fingerprint density at radius 2 is 1.81 bits per heavy atom. The van der Waals surface area contributed by atoms with Crippen molar-refractivity contribution in [1.29, 1.82) is 0 Å². The summed E-state index contributed by atoms with van der Waals surface area (Å²) in [6.07, 6.45) is 2.66. The molecule has 0 aromatic heterocycles. The molecule has 1 aliphatic heterocycles. The topological polar surface area (TPSA) is 48.9 Å². The van der Waals surface area contributed by atoms with Gasteiger partial charge in [-0.05, 0) is 56.8 Å². The van der Waals surface area contributed by atoms with Crippen LogP contribution < -0.4 is 10.6 Å². The van der Waals surface area contributed by atoms with E-state index in [1.165, 1.54) is 37.1 Å². The molecule has 2 N–H and O–H groups in total. The summed E-state index contributed by atoms with van der Waals surface area (Å²) in [5.41, 5.74) is 2.64. The molecule has 1 aromatic carbocycles. The third-order valence-electron chi connectivity index (χ3n) is 4.81. The summed E-state index contributed by atoms with van der Waals surface area (Å²) in [4.78, 5) is 7.23. The van der Waals surface area contributed by atoms with Crippen LogP contribution in [0.2, 0.25) is 0 Å². The zero-order chi connectivity index (χ0) is 18.6. The minimum atomic E-state index is 0.686. The van der Waals surface area contributed by atoms with Crippen LogP contribution in [0.25, 0.3) is 0 Å². The second-order valence-corrected chi connectivity index (χ2v) is 7.09. The highest BCUT2D eigenvalue weighted by Gasteiger charge is 2.15. The molecule has 26 heavy (non-hydrogen) atoms. The Bertz CT molecular complexity index is 521. The number of nitrogens with one attached hydrogen (secondary N) is 2. The molecule has 0 atom stereocenters. The first kappa shape index (κ1) is 20.7. The quantitative estimate of drug-likeness (QED) is 0.404. The van der Waals surface area contributed by atoms with Crippen molar-refractivity contribution < 1.29 is 4.74 Å². The Morgan fingerprint density at radius 3 is 2.46 bits per heavy atom. The van der Waals surface area contributed by atoms with E-state index in [4.69, 9.17) is 4.74 Å². The van der Waals surface area contributed by atoms with E-state index in [-0.39, 0.29) is 0 Å². The Kier molecular flexibility index (Phi) is 9.50. The van der Waals surface area contributed by atoms with Gasteiger partial charge < -0.3 is 15.4 Å². The lowest BCUT2D eigenvalue weighted by molar-refractivity contribution is 0.152. The van der Waals surface area contributed by atoms with E-state index in [1.54, 1.807) is 0 Å². The Labute approximate surface area is 159 Å². The van der Waals surface area contributed by atoms with Crippen molar-refractivity contribution in [3.05, 3.63) is 35.4 Å². The highest BCUT2D eigenvalue weighted by molar-refractivity contribution is 5.79. The molecular formula is C21H36N4O. The maximum Gasteiger partial charge on any atom is 0.191 e. The number of hydrogen-bond acceptors (Lipinski definition) is 3. The molecule has 0 spiro atoms. The number of benzene rings is 1. The lowest BCUT2D eigenvalue weighted by Crippen LogP contribution is -2.39. The molecule has 5 nitrogen and oxygen atoms in total. The maximum absolute atomic E-state index is 5.36. The zero-order valence-electron chi connectivity index (χ0n) is 16.8. The van der Waals surface area contributed by atoms with Crippen molar-refractivity contribution in [2.75, 3.05) is 39.4 Å². The Balaban J connectivity index is 1.80. The summed E-state index contributed by atoms with van der Waals surface area (Å²) in [6.45, 7) is 13.7. The first-order valence-corrected chi connectivity index (χ1v) is 10.1. The minimum Gasteiger partial charge on any atom is -0.380 e. The average Bonchev–Trinajstić information content (AvgIpc) is 2.66. The number of guanidine groups is 1. The molecule has 1 aromatic rings. The predicted molar refractivity (Wildman–Crippen MR) is 109 cm³/mol. The molecule has 2 rings (SSSR count). The van der Waals surface area contributed by atoms with E-state index in [1.807, 2.05) is 6.92 Å². The first-order valence-electron chi connectivity index (χ1n) is 10.1. The van der Waals surface area contributed by atoms with Crippen LogP contribution >= 0.6 is 0 Å². The number of aliphatic imine (C=N–C) groups is 1. The lowest BCUT2D eigenvalue weighted by atomic mass is 9.99. The lowest BCUT2D eigenvalue weighted by Gasteiger charge is -2.30. The highest BCUT2D eigenvalue weighted by Crippen LogP contribution is 2.18. The van der Waals surface area contributed by atoms with Gasteiger partial charge >= 0.3 is 0 Å². The molecular weight excluding hydrogens is 324 g/mol. The Hall–Kier alpha value is -1.59. The molecule has 0 unspecified atom stereocenters. The van der Waals surface area contributed by atoms with E-state index in [0.717, 1.165) is 38.1 Å². The third-order valence-corrected chi connectivity index (χ3v) is 4.81. The fourth-order valence-corrected chi connectivity index (χ4v) is 3.13. The second-order valence-electron chi connectivity index (χ2n) is 7.09. The van der Waals surface area contributed by atoms with E-state index >= 15 is 0 Å². The van der Waals surface area contributed by atoms with Crippen molar-refractivity contribution in [3.8, 4) is 0 Å². The molecule has 1 aliphatic rings. The average molecular weight is 361 g/mol. The van der Waals surface area contributed by atoms with Crippen LogP contribution in [0.5, 0.6) is 0 Å².